The summed E-state index contributed by atoms with van der Waals surface area (Å²) in [5.74, 6) is 0. The summed E-state index contributed by atoms with van der Waals surface area (Å²) in [7, 11) is 0. The third kappa shape index (κ3) is 11.4. The normalized spacial score (nSPS) is 49.7. The molecule has 63 heavy (non-hydrogen) atoms. The Balaban J connectivity index is 1.41. The maximum atomic E-state index is 11.6. The Morgan fingerprint density at radius 1 is 0.349 bits per heavy atom. The van der Waals surface area contributed by atoms with Crippen LogP contribution in [-0.4, -0.2) is 309 Å². The van der Waals surface area contributed by atoms with E-state index in [9.17, 15) is 97.0 Å². The van der Waals surface area contributed by atoms with Gasteiger partial charge in [-0.1, -0.05) is 0 Å². The SMILES string of the molecule is OCC(O)CO[C@H]1O[C@H](CO)[C@@H](O)[C@H](O)[C@H]1O[C@H]1O[C@H](CO)[C@@H](O)[C@H](O[C@@H]2O[C@H]([C@H](O)CO)[C@@H](O)[C@H](O[C@H]3O[C@H](CO)[C@H](O)[C@H](O)[C@H]3O[C@H]3O[C@H](CO)[C@H](O)[C@H](O)[C@H]3O)[C@@H]2O)[C@H]1O. The summed E-state index contributed by atoms with van der Waals surface area (Å²) in [6, 6.07) is 0. The molecule has 5 aliphatic rings. The highest BCUT2D eigenvalue weighted by Gasteiger charge is 2.57. The summed E-state index contributed by atoms with van der Waals surface area (Å²) in [5, 5.41) is 199. The van der Waals surface area contributed by atoms with Crippen molar-refractivity contribution in [2.24, 2.45) is 0 Å². The molecule has 5 fully saturated rings. The van der Waals surface area contributed by atoms with Gasteiger partial charge in [-0.2, -0.15) is 0 Å². The van der Waals surface area contributed by atoms with E-state index in [1.54, 1.807) is 0 Å². The second kappa shape index (κ2) is 23.2. The predicted octanol–water partition coefficient (Wildman–Crippen LogP) is -13.2. The van der Waals surface area contributed by atoms with E-state index in [2.05, 4.69) is 0 Å². The Hall–Kier alpha value is -1.16. The lowest BCUT2D eigenvalue weighted by Crippen LogP contribution is -2.69. The van der Waals surface area contributed by atoms with Crippen molar-refractivity contribution in [1.29, 1.82) is 0 Å². The van der Waals surface area contributed by atoms with Gasteiger partial charge in [0.15, 0.2) is 31.5 Å². The fourth-order valence-corrected chi connectivity index (χ4v) is 7.59. The second-order valence-corrected chi connectivity index (χ2v) is 15.6. The van der Waals surface area contributed by atoms with Gasteiger partial charge < -0.3 is 144 Å². The maximum absolute atomic E-state index is 11.6. The van der Waals surface area contributed by atoms with Gasteiger partial charge in [-0.15, -0.1) is 0 Å². The summed E-state index contributed by atoms with van der Waals surface area (Å²) in [6.07, 6.45) is -52.8. The highest BCUT2D eigenvalue weighted by Crippen LogP contribution is 2.36. The number of aliphatic hydroxyl groups is 19. The van der Waals surface area contributed by atoms with E-state index in [0.717, 1.165) is 0 Å². The average molecular weight is 933 g/mol. The third-order valence-electron chi connectivity index (χ3n) is 11.3. The minimum atomic E-state index is -2.32. The first-order chi connectivity index (χ1) is 29.9. The van der Waals surface area contributed by atoms with Crippen LogP contribution in [0, 0.1) is 0 Å². The van der Waals surface area contributed by atoms with Crippen molar-refractivity contribution in [2.45, 2.75) is 166 Å². The Morgan fingerprint density at radius 2 is 0.730 bits per heavy atom. The molecule has 1 unspecified atom stereocenters. The molecule has 5 rings (SSSR count). The zero-order valence-corrected chi connectivity index (χ0v) is 33.1. The van der Waals surface area contributed by atoms with E-state index in [4.69, 9.17) is 47.4 Å². The monoisotopic (exact) mass is 932 g/mol. The largest absolute Gasteiger partial charge is 0.394 e. The molecule has 0 amide bonds. The molecule has 29 nitrogen and oxygen atoms in total. The van der Waals surface area contributed by atoms with Crippen molar-refractivity contribution < 1.29 is 144 Å². The molecule has 5 heterocycles. The van der Waals surface area contributed by atoms with Gasteiger partial charge in [0, 0.05) is 0 Å². The van der Waals surface area contributed by atoms with Gasteiger partial charge in [-0.05, 0) is 0 Å². The summed E-state index contributed by atoms with van der Waals surface area (Å²) in [6.45, 7) is -6.29. The summed E-state index contributed by atoms with van der Waals surface area (Å²) < 4.78 is 55.8. The molecule has 0 aliphatic carbocycles. The summed E-state index contributed by atoms with van der Waals surface area (Å²) in [5.41, 5.74) is 0. The molecule has 29 heteroatoms. The van der Waals surface area contributed by atoms with E-state index in [1.807, 2.05) is 0 Å². The molecular formula is C34H60O29. The zero-order chi connectivity index (χ0) is 46.6. The van der Waals surface area contributed by atoms with E-state index >= 15 is 0 Å². The lowest BCUT2D eigenvalue weighted by atomic mass is 9.93. The maximum Gasteiger partial charge on any atom is 0.187 e. The van der Waals surface area contributed by atoms with Crippen molar-refractivity contribution in [1.82, 2.24) is 0 Å². The van der Waals surface area contributed by atoms with Crippen LogP contribution >= 0.6 is 0 Å². The smallest absolute Gasteiger partial charge is 0.187 e. The molecule has 27 atom stereocenters. The van der Waals surface area contributed by atoms with E-state index in [-0.39, 0.29) is 0 Å². The van der Waals surface area contributed by atoms with Crippen molar-refractivity contribution in [2.75, 3.05) is 46.2 Å². The van der Waals surface area contributed by atoms with E-state index < -0.39 is 212 Å². The Kier molecular flexibility index (Phi) is 19.5. The van der Waals surface area contributed by atoms with E-state index in [1.165, 1.54) is 0 Å². The molecule has 0 radical (unpaired) electrons. The molecule has 0 saturated carbocycles. The standard InChI is InChI=1S/C34H60O29/c35-1-8(41)7-54-33-28(19(48)15(44)11(4-38)57-33)62-31-23(52)26(17(46)13(6-40)56-31)60-32-24(53)27(22(51)25(59-32)9(42)2-36)61-34-29(20(49)16(45)12(5-39)58-34)63-30-21(50)18(47)14(43)10(3-37)55-30/h8-53H,1-7H2/t8?,9-,10-,11-,12-,13-,14+,15-,16+,17-,18+,19+,20+,21-,22-,23-,24+,25-,26+,27+,28-,29-,30-,31-,32+,33+,34-/m1/s1. The quantitative estimate of drug-likeness (QED) is 0.0607. The van der Waals surface area contributed by atoms with Crippen LogP contribution in [0.4, 0.5) is 0 Å². The van der Waals surface area contributed by atoms with Gasteiger partial charge in [0.05, 0.1) is 46.2 Å². The molecule has 0 spiro atoms. The highest BCUT2D eigenvalue weighted by atomic mass is 16.8. The summed E-state index contributed by atoms with van der Waals surface area (Å²) >= 11 is 0. The molecule has 0 aromatic heterocycles. The van der Waals surface area contributed by atoms with Gasteiger partial charge in [-0.3, -0.25) is 0 Å². The Labute approximate surface area is 356 Å². The highest BCUT2D eigenvalue weighted by molar-refractivity contribution is 5.00. The Bertz CT molecular complexity index is 1360. The molecular weight excluding hydrogens is 872 g/mol. The fourth-order valence-electron chi connectivity index (χ4n) is 7.59. The molecule has 5 aliphatic heterocycles. The number of hydrogen-bond acceptors (Lipinski definition) is 29. The van der Waals surface area contributed by atoms with Crippen molar-refractivity contribution >= 4 is 0 Å². The predicted molar refractivity (Wildman–Crippen MR) is 189 cm³/mol. The molecule has 0 aromatic rings. The molecule has 0 bridgehead atoms. The van der Waals surface area contributed by atoms with Crippen LogP contribution in [0.25, 0.3) is 0 Å². The van der Waals surface area contributed by atoms with Crippen LogP contribution in [0.2, 0.25) is 0 Å². The minimum Gasteiger partial charge on any atom is -0.394 e. The van der Waals surface area contributed by atoms with Gasteiger partial charge in [0.1, 0.15) is 134 Å². The molecule has 19 N–H and O–H groups in total. The molecule has 0 aromatic carbocycles. The van der Waals surface area contributed by atoms with Crippen LogP contribution in [0.5, 0.6) is 0 Å². The van der Waals surface area contributed by atoms with E-state index in [0.29, 0.717) is 0 Å². The Morgan fingerprint density at radius 3 is 1.22 bits per heavy atom. The first-order valence-electron chi connectivity index (χ1n) is 19.9. The van der Waals surface area contributed by atoms with Crippen molar-refractivity contribution in [3.8, 4) is 0 Å². The molecule has 5 saturated heterocycles. The van der Waals surface area contributed by atoms with Crippen LogP contribution < -0.4 is 0 Å². The number of hydrogen-bond donors (Lipinski definition) is 19. The average Bonchev–Trinajstić information content (AvgIpc) is 3.28. The lowest BCUT2D eigenvalue weighted by Gasteiger charge is -2.50. The molecule has 370 valence electrons. The second-order valence-electron chi connectivity index (χ2n) is 15.6. The zero-order valence-electron chi connectivity index (χ0n) is 33.1. The number of ether oxygens (including phenoxy) is 10. The number of rotatable bonds is 18. The third-order valence-corrected chi connectivity index (χ3v) is 11.3. The van der Waals surface area contributed by atoms with Crippen LogP contribution in [0.3, 0.4) is 0 Å². The van der Waals surface area contributed by atoms with Crippen molar-refractivity contribution in [3.63, 3.8) is 0 Å². The first kappa shape index (κ1) is 52.8. The number of aliphatic hydroxyl groups excluding tert-OH is 19. The van der Waals surface area contributed by atoms with Gasteiger partial charge in [0.25, 0.3) is 0 Å². The van der Waals surface area contributed by atoms with Crippen LogP contribution in [0.15, 0.2) is 0 Å². The van der Waals surface area contributed by atoms with Crippen LogP contribution in [0.1, 0.15) is 0 Å². The van der Waals surface area contributed by atoms with Gasteiger partial charge in [0.2, 0.25) is 0 Å². The summed E-state index contributed by atoms with van der Waals surface area (Å²) in [4.78, 5) is 0. The lowest BCUT2D eigenvalue weighted by molar-refractivity contribution is -0.403. The topological polar surface area (TPSA) is 477 Å². The minimum absolute atomic E-state index is 0.640. The first-order valence-corrected chi connectivity index (χ1v) is 19.9. The van der Waals surface area contributed by atoms with Gasteiger partial charge >= 0.3 is 0 Å². The van der Waals surface area contributed by atoms with Crippen molar-refractivity contribution in [3.05, 3.63) is 0 Å². The van der Waals surface area contributed by atoms with Crippen LogP contribution in [-0.2, 0) is 47.4 Å². The van der Waals surface area contributed by atoms with Gasteiger partial charge in [-0.25, -0.2) is 0 Å². The fraction of sp³-hybridized carbons (Fsp3) is 1.00.